The Morgan fingerprint density at radius 3 is 2.19 bits per heavy atom. The van der Waals surface area contributed by atoms with Crippen molar-refractivity contribution in [1.82, 2.24) is 9.97 Å². The van der Waals surface area contributed by atoms with E-state index < -0.39 is 11.7 Å². The number of anilines is 3. The van der Waals surface area contributed by atoms with E-state index in [1.807, 2.05) is 12.1 Å². The molecule has 5 nitrogen and oxygen atoms in total. The second kappa shape index (κ2) is 7.53. The van der Waals surface area contributed by atoms with Gasteiger partial charge in [0.15, 0.2) is 0 Å². The van der Waals surface area contributed by atoms with Gasteiger partial charge in [-0.25, -0.2) is 14.4 Å². The maximum absolute atomic E-state index is 13.6. The Balaban J connectivity index is 1.66. The third-order valence-electron chi connectivity index (χ3n) is 4.04. The fourth-order valence-electron chi connectivity index (χ4n) is 2.45. The van der Waals surface area contributed by atoms with Crippen LogP contribution in [0, 0.1) is 5.82 Å². The molecular weight excluding hydrogens is 343 g/mol. The van der Waals surface area contributed by atoms with Crippen molar-refractivity contribution in [2.75, 3.05) is 10.6 Å². The molecule has 0 atom stereocenters. The van der Waals surface area contributed by atoms with Gasteiger partial charge in [0, 0.05) is 18.1 Å². The summed E-state index contributed by atoms with van der Waals surface area (Å²) >= 11 is 0. The summed E-state index contributed by atoms with van der Waals surface area (Å²) in [5, 5.41) is 5.60. The van der Waals surface area contributed by atoms with Crippen LogP contribution in [0.4, 0.5) is 21.7 Å². The van der Waals surface area contributed by atoms with Crippen LogP contribution in [0.5, 0.6) is 0 Å². The summed E-state index contributed by atoms with van der Waals surface area (Å²) in [7, 11) is 0. The van der Waals surface area contributed by atoms with E-state index in [0.29, 0.717) is 5.95 Å². The molecule has 3 rings (SSSR count). The van der Waals surface area contributed by atoms with E-state index in [-0.39, 0.29) is 16.7 Å². The number of nitrogens with zero attached hydrogens (tertiary/aromatic N) is 2. The van der Waals surface area contributed by atoms with E-state index in [9.17, 15) is 9.18 Å². The van der Waals surface area contributed by atoms with Gasteiger partial charge in [-0.3, -0.25) is 4.79 Å². The van der Waals surface area contributed by atoms with Crippen molar-refractivity contribution in [1.29, 1.82) is 0 Å². The molecule has 0 radical (unpaired) electrons. The standard InChI is InChI=1S/C21H21FN4O/c1-21(2,3)15-8-10-16(11-9-15)25-20-23-12-14(13-24-20)19(27)26-18-7-5-4-6-17(18)22/h4-13H,1-3H3,(H,26,27)(H,23,24,25). The summed E-state index contributed by atoms with van der Waals surface area (Å²) in [5.74, 6) is -0.592. The molecule has 3 aromatic rings. The van der Waals surface area contributed by atoms with Crippen LogP contribution in [-0.4, -0.2) is 15.9 Å². The molecule has 0 aliphatic heterocycles. The molecule has 0 saturated carbocycles. The van der Waals surface area contributed by atoms with Gasteiger partial charge in [-0.15, -0.1) is 0 Å². The number of carbonyl (C=O) groups is 1. The molecule has 2 N–H and O–H groups in total. The number of carbonyl (C=O) groups excluding carboxylic acids is 1. The number of rotatable bonds is 4. The Bertz CT molecular complexity index is 932. The van der Waals surface area contributed by atoms with Gasteiger partial charge in [-0.1, -0.05) is 45.0 Å². The first-order valence-corrected chi connectivity index (χ1v) is 8.58. The molecule has 1 aromatic heterocycles. The normalized spacial score (nSPS) is 11.1. The van der Waals surface area contributed by atoms with Crippen LogP contribution in [0.2, 0.25) is 0 Å². The molecule has 2 aromatic carbocycles. The fraction of sp³-hybridized carbons (Fsp3) is 0.190. The number of aromatic nitrogens is 2. The monoisotopic (exact) mass is 364 g/mol. The highest BCUT2D eigenvalue weighted by Crippen LogP contribution is 2.24. The lowest BCUT2D eigenvalue weighted by molar-refractivity contribution is 0.102. The highest BCUT2D eigenvalue weighted by Gasteiger charge is 2.13. The van der Waals surface area contributed by atoms with Gasteiger partial charge in [-0.2, -0.15) is 0 Å². The lowest BCUT2D eigenvalue weighted by Gasteiger charge is -2.19. The summed E-state index contributed by atoms with van der Waals surface area (Å²) < 4.78 is 13.6. The Morgan fingerprint density at radius 1 is 0.963 bits per heavy atom. The second-order valence-electron chi connectivity index (χ2n) is 7.18. The average molecular weight is 364 g/mol. The highest BCUT2D eigenvalue weighted by atomic mass is 19.1. The Morgan fingerprint density at radius 2 is 1.59 bits per heavy atom. The maximum atomic E-state index is 13.6. The number of benzene rings is 2. The molecule has 0 spiro atoms. The largest absolute Gasteiger partial charge is 0.324 e. The first kappa shape index (κ1) is 18.5. The van der Waals surface area contributed by atoms with Crippen molar-refractivity contribution in [3.05, 3.63) is 77.9 Å². The highest BCUT2D eigenvalue weighted by molar-refractivity contribution is 6.03. The minimum Gasteiger partial charge on any atom is -0.324 e. The van der Waals surface area contributed by atoms with Crippen LogP contribution >= 0.6 is 0 Å². The summed E-state index contributed by atoms with van der Waals surface area (Å²) in [5.41, 5.74) is 2.53. The minimum absolute atomic E-state index is 0.0856. The van der Waals surface area contributed by atoms with Crippen molar-refractivity contribution >= 4 is 23.2 Å². The van der Waals surface area contributed by atoms with Crippen molar-refractivity contribution in [3.8, 4) is 0 Å². The third kappa shape index (κ3) is 4.67. The summed E-state index contributed by atoms with van der Waals surface area (Å²) in [4.78, 5) is 20.5. The van der Waals surface area contributed by atoms with E-state index in [4.69, 9.17) is 0 Å². The smallest absolute Gasteiger partial charge is 0.258 e. The molecule has 0 bridgehead atoms. The summed E-state index contributed by atoms with van der Waals surface area (Å²) in [6.45, 7) is 6.47. The van der Waals surface area contributed by atoms with Crippen molar-refractivity contribution in [3.63, 3.8) is 0 Å². The van der Waals surface area contributed by atoms with Crippen molar-refractivity contribution in [2.45, 2.75) is 26.2 Å². The molecule has 0 unspecified atom stereocenters. The quantitative estimate of drug-likeness (QED) is 0.690. The molecule has 0 saturated heterocycles. The van der Waals surface area contributed by atoms with Crippen molar-refractivity contribution < 1.29 is 9.18 Å². The van der Waals surface area contributed by atoms with Crippen LogP contribution in [0.15, 0.2) is 60.9 Å². The Hall–Kier alpha value is -3.28. The average Bonchev–Trinajstić information content (AvgIpc) is 2.64. The Kier molecular flexibility index (Phi) is 5.16. The van der Waals surface area contributed by atoms with E-state index >= 15 is 0 Å². The van der Waals surface area contributed by atoms with E-state index in [1.165, 1.54) is 30.1 Å². The molecule has 0 aliphatic carbocycles. The molecule has 0 aliphatic rings. The molecule has 6 heteroatoms. The van der Waals surface area contributed by atoms with Crippen LogP contribution in [0.25, 0.3) is 0 Å². The molecule has 138 valence electrons. The van der Waals surface area contributed by atoms with Crippen LogP contribution in [-0.2, 0) is 5.41 Å². The summed E-state index contributed by atoms with van der Waals surface area (Å²) in [6.07, 6.45) is 2.80. The zero-order valence-corrected chi connectivity index (χ0v) is 15.5. The van der Waals surface area contributed by atoms with Gasteiger partial charge in [0.05, 0.1) is 11.3 Å². The topological polar surface area (TPSA) is 66.9 Å². The first-order chi connectivity index (χ1) is 12.8. The zero-order valence-electron chi connectivity index (χ0n) is 15.5. The van der Waals surface area contributed by atoms with E-state index in [0.717, 1.165) is 5.69 Å². The summed E-state index contributed by atoms with van der Waals surface area (Å²) in [6, 6.07) is 14.0. The van der Waals surface area contributed by atoms with E-state index in [1.54, 1.807) is 12.1 Å². The zero-order chi connectivity index (χ0) is 19.4. The van der Waals surface area contributed by atoms with Gasteiger partial charge < -0.3 is 10.6 Å². The first-order valence-electron chi connectivity index (χ1n) is 8.58. The second-order valence-corrected chi connectivity index (χ2v) is 7.18. The van der Waals surface area contributed by atoms with Gasteiger partial charge in [0.25, 0.3) is 5.91 Å². The molecule has 1 heterocycles. The predicted octanol–water partition coefficient (Wildman–Crippen LogP) is 4.91. The number of amides is 1. The number of hydrogen-bond donors (Lipinski definition) is 2. The minimum atomic E-state index is -0.497. The SMILES string of the molecule is CC(C)(C)c1ccc(Nc2ncc(C(=O)Nc3ccccc3F)cn2)cc1. The number of hydrogen-bond acceptors (Lipinski definition) is 4. The predicted molar refractivity (Wildman–Crippen MR) is 105 cm³/mol. The van der Waals surface area contributed by atoms with Crippen LogP contribution in [0.1, 0.15) is 36.7 Å². The molecule has 0 fully saturated rings. The number of para-hydroxylation sites is 1. The third-order valence-corrected chi connectivity index (χ3v) is 4.04. The van der Waals surface area contributed by atoms with Gasteiger partial charge in [0.1, 0.15) is 5.82 Å². The van der Waals surface area contributed by atoms with Gasteiger partial charge >= 0.3 is 0 Å². The number of nitrogens with one attached hydrogen (secondary N) is 2. The molecule has 1 amide bonds. The van der Waals surface area contributed by atoms with Crippen LogP contribution < -0.4 is 10.6 Å². The van der Waals surface area contributed by atoms with Crippen molar-refractivity contribution in [2.24, 2.45) is 0 Å². The van der Waals surface area contributed by atoms with Crippen LogP contribution in [0.3, 0.4) is 0 Å². The fourth-order valence-corrected chi connectivity index (χ4v) is 2.45. The molecule has 27 heavy (non-hydrogen) atoms. The van der Waals surface area contributed by atoms with E-state index in [2.05, 4.69) is 53.5 Å². The van der Waals surface area contributed by atoms with Gasteiger partial charge in [-0.05, 0) is 35.2 Å². The Labute approximate surface area is 157 Å². The van der Waals surface area contributed by atoms with Gasteiger partial charge in [0.2, 0.25) is 5.95 Å². The lowest BCUT2D eigenvalue weighted by Crippen LogP contribution is -2.14. The lowest BCUT2D eigenvalue weighted by atomic mass is 9.87. The maximum Gasteiger partial charge on any atom is 0.258 e. The number of halogens is 1. The molecular formula is C21H21FN4O.